The maximum atomic E-state index is 12.8. The first-order chi connectivity index (χ1) is 16.6. The largest absolute Gasteiger partial charge is 0.390 e. The third-order valence-electron chi connectivity index (χ3n) is 5.09. The molecule has 0 atom stereocenters. The number of rotatable bonds is 9. The summed E-state index contributed by atoms with van der Waals surface area (Å²) >= 11 is 0. The molecule has 13 nitrogen and oxygen atoms in total. The summed E-state index contributed by atoms with van der Waals surface area (Å²) in [4.78, 5) is 52.6. The van der Waals surface area contributed by atoms with Crippen LogP contribution in [0.3, 0.4) is 0 Å². The Morgan fingerprint density at radius 1 is 0.829 bits per heavy atom. The van der Waals surface area contributed by atoms with Crippen LogP contribution in [-0.4, -0.2) is 50.2 Å². The van der Waals surface area contributed by atoms with E-state index in [1.165, 1.54) is 12.1 Å². The van der Waals surface area contributed by atoms with Gasteiger partial charge in [-0.2, -0.15) is 0 Å². The molecule has 0 aromatic carbocycles. The van der Waals surface area contributed by atoms with E-state index in [1.807, 2.05) is 0 Å². The quantitative estimate of drug-likeness (QED) is 0.219. The molecule has 0 fully saturated rings. The van der Waals surface area contributed by atoms with Crippen molar-refractivity contribution in [2.24, 2.45) is 37.6 Å². The second-order valence-electron chi connectivity index (χ2n) is 7.80. The second-order valence-corrected chi connectivity index (χ2v) is 7.80. The van der Waals surface area contributed by atoms with Crippen LogP contribution in [0.1, 0.15) is 37.9 Å². The summed E-state index contributed by atoms with van der Waals surface area (Å²) in [5.41, 5.74) is 12.7. The summed E-state index contributed by atoms with van der Waals surface area (Å²) in [7, 11) is 5.03. The van der Waals surface area contributed by atoms with Crippen molar-refractivity contribution >= 4 is 47.0 Å². The highest BCUT2D eigenvalue weighted by molar-refractivity contribution is 6.07. The number of nitrogens with one attached hydrogen (secondary N) is 3. The summed E-state index contributed by atoms with van der Waals surface area (Å²) in [6.45, 7) is 0.114. The fraction of sp³-hybridized carbons (Fsp3) is 0.227. The number of nitrogens with zero attached hydrogens (tertiary/aromatic N) is 4. The average Bonchev–Trinajstić information content (AvgIpc) is 3.44. The Morgan fingerprint density at radius 3 is 1.83 bits per heavy atom. The minimum absolute atomic E-state index is 0.0268. The Morgan fingerprint density at radius 2 is 1.31 bits per heavy atom. The van der Waals surface area contributed by atoms with Gasteiger partial charge in [0.05, 0.1) is 23.4 Å². The van der Waals surface area contributed by atoms with Gasteiger partial charge in [0.15, 0.2) is 0 Å². The molecule has 0 aliphatic rings. The average molecular weight is 482 g/mol. The zero-order valence-corrected chi connectivity index (χ0v) is 19.5. The topological polar surface area (TPSA) is 184 Å². The van der Waals surface area contributed by atoms with Gasteiger partial charge in [-0.15, -0.1) is 0 Å². The molecule has 184 valence electrons. The van der Waals surface area contributed by atoms with E-state index in [2.05, 4.69) is 20.9 Å². The van der Waals surface area contributed by atoms with Crippen LogP contribution in [0.15, 0.2) is 41.8 Å². The first-order valence-corrected chi connectivity index (χ1v) is 10.5. The molecule has 3 aromatic heterocycles. The lowest BCUT2D eigenvalue weighted by molar-refractivity contribution is -0.117. The maximum absolute atomic E-state index is 12.8. The number of aryl methyl sites for hydroxylation is 3. The molecule has 0 saturated heterocycles. The number of carbonyl (C=O) groups is 4. The summed E-state index contributed by atoms with van der Waals surface area (Å²) in [5, 5.41) is 8.08. The van der Waals surface area contributed by atoms with Crippen molar-refractivity contribution in [2.75, 3.05) is 17.2 Å². The zero-order valence-electron chi connectivity index (χ0n) is 19.5. The number of nitrogens with two attached hydrogens (primary N) is 2. The van der Waals surface area contributed by atoms with E-state index in [0.717, 1.165) is 6.34 Å². The summed E-state index contributed by atoms with van der Waals surface area (Å²) in [5.74, 6) is -1.73. The lowest BCUT2D eigenvalue weighted by Crippen LogP contribution is -2.29. The van der Waals surface area contributed by atoms with Gasteiger partial charge in [0.25, 0.3) is 17.7 Å². The van der Waals surface area contributed by atoms with Crippen LogP contribution >= 0.6 is 0 Å². The van der Waals surface area contributed by atoms with Crippen molar-refractivity contribution in [1.82, 2.24) is 19.0 Å². The number of hydrogen-bond acceptors (Lipinski definition) is 5. The Hall–Kier alpha value is -4.81. The van der Waals surface area contributed by atoms with Crippen molar-refractivity contribution in [3.05, 3.63) is 53.9 Å². The predicted octanol–water partition coefficient (Wildman–Crippen LogP) is 0.430. The van der Waals surface area contributed by atoms with Crippen LogP contribution in [-0.2, 0) is 25.9 Å². The van der Waals surface area contributed by atoms with E-state index in [0.29, 0.717) is 28.5 Å². The van der Waals surface area contributed by atoms with Crippen molar-refractivity contribution in [3.8, 4) is 0 Å². The van der Waals surface area contributed by atoms with E-state index in [4.69, 9.17) is 11.5 Å². The fourth-order valence-electron chi connectivity index (χ4n) is 3.43. The molecular weight excluding hydrogens is 454 g/mol. The molecule has 0 aliphatic carbocycles. The number of amides is 4. The van der Waals surface area contributed by atoms with Crippen LogP contribution in [0.4, 0.5) is 17.1 Å². The van der Waals surface area contributed by atoms with Crippen LogP contribution in [0, 0.1) is 0 Å². The van der Waals surface area contributed by atoms with Gasteiger partial charge in [0.2, 0.25) is 5.91 Å². The highest BCUT2D eigenvalue weighted by Gasteiger charge is 2.18. The molecule has 35 heavy (non-hydrogen) atoms. The molecule has 3 rings (SSSR count). The maximum Gasteiger partial charge on any atom is 0.272 e. The standard InChI is InChI=1S/C22H27N9O4/c1-29-9-13(26-12-23)6-17(29)21(34)28-15-8-18(31(3)11-15)22(35)27-14-7-16(30(2)10-14)20(33)25-5-4-19(24)32/h6-12H,4-5H2,1-3H3,(H2,23,26)(H2,24,32)(H,25,33)(H,27,35)(H,28,34). The van der Waals surface area contributed by atoms with E-state index < -0.39 is 17.7 Å². The van der Waals surface area contributed by atoms with E-state index in [1.54, 1.807) is 59.5 Å². The smallest absolute Gasteiger partial charge is 0.272 e. The summed E-state index contributed by atoms with van der Waals surface area (Å²) < 4.78 is 4.74. The van der Waals surface area contributed by atoms with Crippen LogP contribution in [0.25, 0.3) is 0 Å². The molecule has 3 heterocycles. The number of hydrogen-bond donors (Lipinski definition) is 5. The number of aliphatic imine (C=N–C) groups is 1. The molecule has 0 bridgehead atoms. The van der Waals surface area contributed by atoms with Crippen LogP contribution in [0.2, 0.25) is 0 Å². The van der Waals surface area contributed by atoms with Gasteiger partial charge in [0.1, 0.15) is 17.1 Å². The van der Waals surface area contributed by atoms with Crippen molar-refractivity contribution in [2.45, 2.75) is 6.42 Å². The highest BCUT2D eigenvalue weighted by Crippen LogP contribution is 2.20. The molecule has 0 spiro atoms. The molecule has 3 aromatic rings. The lowest BCUT2D eigenvalue weighted by Gasteiger charge is -2.04. The Balaban J connectivity index is 1.67. The predicted molar refractivity (Wildman–Crippen MR) is 131 cm³/mol. The number of anilines is 2. The normalized spacial score (nSPS) is 10.9. The van der Waals surface area contributed by atoms with Crippen LogP contribution in [0.5, 0.6) is 0 Å². The molecule has 4 amide bonds. The molecule has 0 unspecified atom stereocenters. The van der Waals surface area contributed by atoms with Gasteiger partial charge in [-0.1, -0.05) is 0 Å². The van der Waals surface area contributed by atoms with Gasteiger partial charge < -0.3 is 41.1 Å². The van der Waals surface area contributed by atoms with Crippen LogP contribution < -0.4 is 27.4 Å². The van der Waals surface area contributed by atoms with E-state index in [9.17, 15) is 19.2 Å². The summed E-state index contributed by atoms with van der Waals surface area (Å²) in [6, 6.07) is 4.64. The first kappa shape index (κ1) is 24.8. The minimum atomic E-state index is -0.516. The van der Waals surface area contributed by atoms with Gasteiger partial charge in [-0.3, -0.25) is 19.2 Å². The monoisotopic (exact) mass is 481 g/mol. The molecule has 7 N–H and O–H groups in total. The Kier molecular flexibility index (Phi) is 7.39. The van der Waals surface area contributed by atoms with Gasteiger partial charge >= 0.3 is 0 Å². The van der Waals surface area contributed by atoms with Crippen molar-refractivity contribution in [3.63, 3.8) is 0 Å². The van der Waals surface area contributed by atoms with Crippen molar-refractivity contribution in [1.29, 1.82) is 0 Å². The minimum Gasteiger partial charge on any atom is -0.390 e. The van der Waals surface area contributed by atoms with Gasteiger partial charge in [-0.25, -0.2) is 4.99 Å². The molecule has 0 aliphatic heterocycles. The number of aromatic nitrogens is 3. The van der Waals surface area contributed by atoms with Gasteiger partial charge in [0, 0.05) is 52.7 Å². The van der Waals surface area contributed by atoms with Gasteiger partial charge in [-0.05, 0) is 18.2 Å². The molecule has 0 saturated carbocycles. The molecule has 0 radical (unpaired) electrons. The third kappa shape index (κ3) is 5.96. The van der Waals surface area contributed by atoms with E-state index >= 15 is 0 Å². The second kappa shape index (κ2) is 10.4. The SMILES string of the molecule is Cn1cc(NC(=O)c2cc(NC(=O)c3cc(N=CN)cn3C)cn2C)cc1C(=O)NCCC(N)=O. The van der Waals surface area contributed by atoms with Crippen molar-refractivity contribution < 1.29 is 19.2 Å². The lowest BCUT2D eigenvalue weighted by atomic mass is 10.3. The molecular formula is C22H27N9O4. The molecule has 13 heteroatoms. The summed E-state index contributed by atoms with van der Waals surface area (Å²) in [6.07, 6.45) is 6.03. The van der Waals surface area contributed by atoms with E-state index in [-0.39, 0.29) is 24.6 Å². The third-order valence-corrected chi connectivity index (χ3v) is 5.09. The fourth-order valence-corrected chi connectivity index (χ4v) is 3.43. The number of primary amides is 1. The highest BCUT2D eigenvalue weighted by atomic mass is 16.2. The Bertz CT molecular complexity index is 1310. The number of carbonyl (C=O) groups excluding carboxylic acids is 4. The zero-order chi connectivity index (χ0) is 25.7. The first-order valence-electron chi connectivity index (χ1n) is 10.5. The Labute approximate surface area is 200 Å².